The Morgan fingerprint density at radius 3 is 1.58 bits per heavy atom. The van der Waals surface area contributed by atoms with Gasteiger partial charge in [0.15, 0.2) is 17.8 Å². The van der Waals surface area contributed by atoms with Crippen molar-refractivity contribution in [2.24, 2.45) is 0 Å². The van der Waals surface area contributed by atoms with Crippen molar-refractivity contribution in [2.45, 2.75) is 20.0 Å². The largest absolute Gasteiger partial charge is 0.507 e. The summed E-state index contributed by atoms with van der Waals surface area (Å²) in [6.07, 6.45) is -1.34. The third-order valence-corrected chi connectivity index (χ3v) is 10.7. The van der Waals surface area contributed by atoms with Gasteiger partial charge in [-0.3, -0.25) is 4.79 Å². The number of phenols is 2. The number of benzene rings is 5. The van der Waals surface area contributed by atoms with Crippen LogP contribution in [0.25, 0.3) is 44.6 Å². The number of phenolic OH excluding ortho intramolecular Hbond substituents is 2. The molecule has 4 heterocycles. The van der Waals surface area contributed by atoms with Crippen molar-refractivity contribution < 1.29 is 24.5 Å². The second kappa shape index (κ2) is 18.2. The molecule has 14 heteroatoms. The standard InChI is InChI=1S/C27H25FN4O3.C19H20N4O.ClH/c1-17-6-11-20-22(16-17)29-25(21-4-2-3-5-23(21)33)30-26(20)31-12-14-32(15-13-31)27(35)24(34)18-7-9-19(28)10-8-18;1-13-6-7-14-16(12-13)21-18(15-4-2-3-5-17(15)24)22-19(14)23-10-8-20-9-11-23;/h2-11,16,24,33-34H,12-15H2,1H3;2-7,12,20,24H,8-11H2,1H3;1H. The molecular formula is C46H46ClFN8O4. The minimum absolute atomic E-state index is 0. The molecule has 4 N–H and O–H groups in total. The molecule has 2 fully saturated rings. The summed E-state index contributed by atoms with van der Waals surface area (Å²) in [5, 5.41) is 36.4. The van der Waals surface area contributed by atoms with Crippen molar-refractivity contribution in [1.29, 1.82) is 0 Å². The summed E-state index contributed by atoms with van der Waals surface area (Å²) in [6, 6.07) is 31.7. The van der Waals surface area contributed by atoms with E-state index in [0.717, 1.165) is 70.7 Å². The van der Waals surface area contributed by atoms with Crippen LogP contribution in [0.5, 0.6) is 11.5 Å². The molecule has 0 radical (unpaired) electrons. The van der Waals surface area contributed by atoms with Gasteiger partial charge >= 0.3 is 0 Å². The molecule has 7 aromatic rings. The molecule has 1 atom stereocenters. The van der Waals surface area contributed by atoms with Crippen LogP contribution in [0.4, 0.5) is 16.0 Å². The first kappa shape index (κ1) is 41.7. The fraction of sp³-hybridized carbons (Fsp3) is 0.239. The number of carbonyl (C=O) groups excluding carboxylic acids is 1. The van der Waals surface area contributed by atoms with Crippen LogP contribution in [0, 0.1) is 19.7 Å². The van der Waals surface area contributed by atoms with Crippen LogP contribution in [0.3, 0.4) is 0 Å². The molecule has 0 saturated carbocycles. The maximum Gasteiger partial charge on any atom is 0.256 e. The first-order valence-corrected chi connectivity index (χ1v) is 19.7. The molecule has 2 aliphatic heterocycles. The number of amides is 1. The van der Waals surface area contributed by atoms with Crippen LogP contribution in [-0.4, -0.2) is 98.4 Å². The predicted molar refractivity (Wildman–Crippen MR) is 235 cm³/mol. The van der Waals surface area contributed by atoms with Crippen LogP contribution < -0.4 is 15.1 Å². The van der Waals surface area contributed by atoms with Gasteiger partial charge in [0, 0.05) is 63.1 Å². The van der Waals surface area contributed by atoms with Gasteiger partial charge in [-0.25, -0.2) is 24.3 Å². The normalized spacial score (nSPS) is 14.6. The van der Waals surface area contributed by atoms with Crippen molar-refractivity contribution in [2.75, 3.05) is 62.2 Å². The minimum Gasteiger partial charge on any atom is -0.507 e. The van der Waals surface area contributed by atoms with Crippen molar-refractivity contribution >= 4 is 51.8 Å². The molecule has 0 aliphatic carbocycles. The highest BCUT2D eigenvalue weighted by atomic mass is 35.5. The quantitative estimate of drug-likeness (QED) is 0.138. The zero-order chi connectivity index (χ0) is 41.0. The first-order valence-electron chi connectivity index (χ1n) is 19.7. The molecule has 9 rings (SSSR count). The van der Waals surface area contributed by atoms with Crippen molar-refractivity contribution in [1.82, 2.24) is 30.2 Å². The number of aliphatic hydroxyl groups is 1. The molecular weight excluding hydrogens is 783 g/mol. The number of aryl methyl sites for hydroxylation is 2. The Hall–Kier alpha value is -6.41. The number of aliphatic hydroxyl groups excluding tert-OH is 1. The summed E-state index contributed by atoms with van der Waals surface area (Å²) < 4.78 is 13.2. The van der Waals surface area contributed by atoms with Crippen molar-refractivity contribution in [3.05, 3.63) is 132 Å². The third-order valence-electron chi connectivity index (χ3n) is 10.7. The Morgan fingerprint density at radius 1 is 0.633 bits per heavy atom. The van der Waals surface area contributed by atoms with Gasteiger partial charge in [-0.2, -0.15) is 0 Å². The predicted octanol–water partition coefficient (Wildman–Crippen LogP) is 6.97. The van der Waals surface area contributed by atoms with E-state index in [1.54, 1.807) is 35.2 Å². The van der Waals surface area contributed by atoms with E-state index in [0.29, 0.717) is 54.5 Å². The zero-order valence-electron chi connectivity index (χ0n) is 33.3. The maximum atomic E-state index is 13.2. The van der Waals surface area contributed by atoms with Gasteiger partial charge in [0.05, 0.1) is 22.2 Å². The molecule has 2 aromatic heterocycles. The van der Waals surface area contributed by atoms with Gasteiger partial charge in [0.1, 0.15) is 29.0 Å². The lowest BCUT2D eigenvalue weighted by Gasteiger charge is -2.36. The summed E-state index contributed by atoms with van der Waals surface area (Å²) in [4.78, 5) is 37.9. The summed E-state index contributed by atoms with van der Waals surface area (Å²) >= 11 is 0. The van der Waals surface area contributed by atoms with E-state index in [1.165, 1.54) is 24.3 Å². The summed E-state index contributed by atoms with van der Waals surface area (Å²) in [5.74, 6) is 2.17. The van der Waals surface area contributed by atoms with Gasteiger partial charge in [-0.1, -0.05) is 48.5 Å². The number of fused-ring (bicyclic) bond motifs is 2. The highest BCUT2D eigenvalue weighted by molar-refractivity contribution is 5.93. The molecule has 0 bridgehead atoms. The van der Waals surface area contributed by atoms with E-state index in [9.17, 15) is 24.5 Å². The number of para-hydroxylation sites is 2. The average molecular weight is 829 g/mol. The van der Waals surface area contributed by atoms with Gasteiger partial charge in [-0.05, 0) is 91.2 Å². The lowest BCUT2D eigenvalue weighted by atomic mass is 10.1. The van der Waals surface area contributed by atoms with E-state index in [4.69, 9.17) is 19.9 Å². The summed E-state index contributed by atoms with van der Waals surface area (Å²) in [6.45, 7) is 9.63. The number of aromatic nitrogens is 4. The Morgan fingerprint density at radius 2 is 1.10 bits per heavy atom. The van der Waals surface area contributed by atoms with Crippen molar-refractivity contribution in [3.8, 4) is 34.3 Å². The monoisotopic (exact) mass is 828 g/mol. The zero-order valence-corrected chi connectivity index (χ0v) is 34.1. The molecule has 308 valence electrons. The number of aromatic hydroxyl groups is 2. The Bertz CT molecular complexity index is 2640. The number of hydrogen-bond donors (Lipinski definition) is 4. The van der Waals surface area contributed by atoms with Crippen LogP contribution in [0.15, 0.2) is 109 Å². The van der Waals surface area contributed by atoms with Crippen LogP contribution in [0.1, 0.15) is 22.8 Å². The lowest BCUT2D eigenvalue weighted by Crippen LogP contribution is -2.50. The number of hydrogen-bond acceptors (Lipinski definition) is 11. The molecule has 0 spiro atoms. The van der Waals surface area contributed by atoms with E-state index in [-0.39, 0.29) is 23.9 Å². The van der Waals surface area contributed by atoms with Crippen LogP contribution in [0.2, 0.25) is 0 Å². The summed E-state index contributed by atoms with van der Waals surface area (Å²) in [7, 11) is 0. The van der Waals surface area contributed by atoms with Gasteiger partial charge in [-0.15, -0.1) is 12.4 Å². The fourth-order valence-electron chi connectivity index (χ4n) is 7.47. The fourth-order valence-corrected chi connectivity index (χ4v) is 7.47. The summed E-state index contributed by atoms with van der Waals surface area (Å²) in [5.41, 5.74) is 5.50. The van der Waals surface area contributed by atoms with E-state index < -0.39 is 17.8 Å². The smallest absolute Gasteiger partial charge is 0.256 e. The minimum atomic E-state index is -1.34. The molecule has 2 aliphatic rings. The Labute approximate surface area is 353 Å². The second-order valence-corrected chi connectivity index (χ2v) is 14.8. The van der Waals surface area contributed by atoms with E-state index >= 15 is 0 Å². The number of nitrogens with zero attached hydrogens (tertiary/aromatic N) is 7. The number of piperazine rings is 2. The molecule has 12 nitrogen and oxygen atoms in total. The molecule has 2 saturated heterocycles. The van der Waals surface area contributed by atoms with Crippen molar-refractivity contribution in [3.63, 3.8) is 0 Å². The van der Waals surface area contributed by atoms with Gasteiger partial charge in [0.25, 0.3) is 5.91 Å². The van der Waals surface area contributed by atoms with Gasteiger partial charge < -0.3 is 35.3 Å². The third kappa shape index (κ3) is 8.93. The lowest BCUT2D eigenvalue weighted by molar-refractivity contribution is -0.140. The number of anilines is 2. The number of rotatable bonds is 6. The Kier molecular flexibility index (Phi) is 12.7. The molecule has 1 amide bonds. The SMILES string of the molecule is Cc1ccc2c(N3CCN(C(=O)C(O)c4ccc(F)cc4)CC3)nc(-c3ccccc3O)nc2c1.Cc1ccc2c(N3CCNCC3)nc(-c3ccccc3O)nc2c1.Cl. The highest BCUT2D eigenvalue weighted by Gasteiger charge is 2.29. The van der Waals surface area contributed by atoms with E-state index in [2.05, 4.69) is 40.2 Å². The van der Waals surface area contributed by atoms with Crippen LogP contribution in [-0.2, 0) is 4.79 Å². The average Bonchev–Trinajstić information content (AvgIpc) is 3.26. The first-order chi connectivity index (χ1) is 28.6. The van der Waals surface area contributed by atoms with Crippen LogP contribution >= 0.6 is 12.4 Å². The number of carbonyl (C=O) groups is 1. The Balaban J connectivity index is 0.000000191. The molecule has 60 heavy (non-hydrogen) atoms. The highest BCUT2D eigenvalue weighted by Crippen LogP contribution is 2.34. The second-order valence-electron chi connectivity index (χ2n) is 14.8. The number of nitrogens with one attached hydrogen (secondary N) is 1. The molecule has 5 aromatic carbocycles. The number of halogens is 2. The maximum absolute atomic E-state index is 13.2. The molecule has 1 unspecified atom stereocenters. The topological polar surface area (TPSA) is 151 Å². The van der Waals surface area contributed by atoms with Gasteiger partial charge in [0.2, 0.25) is 0 Å². The van der Waals surface area contributed by atoms with E-state index in [1.807, 2.05) is 43.3 Å².